The molecule has 196 valence electrons. The largest absolute Gasteiger partial charge is 0.395 e. The van der Waals surface area contributed by atoms with Crippen molar-refractivity contribution in [3.63, 3.8) is 0 Å². The number of β-amino-alcohol motifs (C(OH)–C–C–N with tert-alkyl or cyclic N) is 1. The van der Waals surface area contributed by atoms with Crippen molar-refractivity contribution in [2.24, 2.45) is 0 Å². The van der Waals surface area contributed by atoms with Crippen molar-refractivity contribution in [2.75, 3.05) is 64.3 Å². The van der Waals surface area contributed by atoms with Gasteiger partial charge in [0.15, 0.2) is 5.13 Å². The highest BCUT2D eigenvalue weighted by atomic mass is 32.1. The predicted octanol–water partition coefficient (Wildman–Crippen LogP) is 2.97. The van der Waals surface area contributed by atoms with Gasteiger partial charge in [0.1, 0.15) is 11.6 Å². The van der Waals surface area contributed by atoms with Crippen molar-refractivity contribution >= 4 is 28.2 Å². The Morgan fingerprint density at radius 1 is 1.05 bits per heavy atom. The van der Waals surface area contributed by atoms with E-state index in [4.69, 9.17) is 10.1 Å². The van der Waals surface area contributed by atoms with Gasteiger partial charge in [-0.05, 0) is 25.3 Å². The molecule has 2 saturated heterocycles. The minimum Gasteiger partial charge on any atom is -0.395 e. The normalized spacial score (nSPS) is 17.7. The molecule has 10 heteroatoms. The monoisotopic (exact) mass is 521 g/mol. The highest BCUT2D eigenvalue weighted by Gasteiger charge is 2.27. The van der Waals surface area contributed by atoms with Crippen LogP contribution in [0.4, 0.5) is 10.9 Å². The first-order valence-electron chi connectivity index (χ1n) is 13.0. The van der Waals surface area contributed by atoms with E-state index in [1.165, 1.54) is 0 Å². The second-order valence-electron chi connectivity index (χ2n) is 9.74. The zero-order valence-electron chi connectivity index (χ0n) is 21.3. The number of thiazole rings is 1. The van der Waals surface area contributed by atoms with Crippen molar-refractivity contribution < 1.29 is 9.90 Å². The zero-order chi connectivity index (χ0) is 25.6. The van der Waals surface area contributed by atoms with Crippen LogP contribution in [0.2, 0.25) is 0 Å². The first-order chi connectivity index (χ1) is 18.1. The van der Waals surface area contributed by atoms with Gasteiger partial charge in [-0.3, -0.25) is 14.6 Å². The maximum atomic E-state index is 12.9. The van der Waals surface area contributed by atoms with E-state index in [1.54, 1.807) is 11.3 Å². The molecule has 2 aliphatic rings. The fraction of sp³-hybridized carbons (Fsp3) is 0.481. The molecule has 5 rings (SSSR count). The maximum Gasteiger partial charge on any atom is 0.236 e. The molecule has 2 N–H and O–H groups in total. The number of likely N-dealkylation sites (tertiary alicyclic amines) is 1. The molecule has 0 bridgehead atoms. The fourth-order valence-corrected chi connectivity index (χ4v) is 5.90. The number of piperazine rings is 1. The van der Waals surface area contributed by atoms with E-state index in [2.05, 4.69) is 37.2 Å². The van der Waals surface area contributed by atoms with Gasteiger partial charge in [-0.1, -0.05) is 41.7 Å². The topological polar surface area (TPSA) is 97.7 Å². The molecule has 3 aromatic rings. The van der Waals surface area contributed by atoms with Gasteiger partial charge in [0, 0.05) is 69.7 Å². The molecule has 0 atom stereocenters. The van der Waals surface area contributed by atoms with Crippen LogP contribution in [0.25, 0.3) is 10.4 Å². The number of rotatable bonds is 8. The molecule has 2 aromatic heterocycles. The van der Waals surface area contributed by atoms with Crippen LogP contribution < -0.4 is 5.32 Å². The van der Waals surface area contributed by atoms with E-state index in [9.17, 15) is 4.79 Å². The molecule has 1 amide bonds. The lowest BCUT2D eigenvalue weighted by atomic mass is 9.93. The highest BCUT2D eigenvalue weighted by Crippen LogP contribution is 2.32. The molecule has 0 radical (unpaired) electrons. The summed E-state index contributed by atoms with van der Waals surface area (Å²) in [4.78, 5) is 34.4. The summed E-state index contributed by atoms with van der Waals surface area (Å²) >= 11 is 1.60. The van der Waals surface area contributed by atoms with E-state index in [1.807, 2.05) is 42.3 Å². The Hall–Kier alpha value is -2.92. The van der Waals surface area contributed by atoms with Crippen LogP contribution in [0.15, 0.2) is 42.6 Å². The molecule has 37 heavy (non-hydrogen) atoms. The molecule has 0 aliphatic carbocycles. The average Bonchev–Trinajstić information content (AvgIpc) is 3.39. The van der Waals surface area contributed by atoms with E-state index in [0.29, 0.717) is 19.0 Å². The summed E-state index contributed by atoms with van der Waals surface area (Å²) in [6.45, 7) is 8.41. The van der Waals surface area contributed by atoms with Gasteiger partial charge < -0.3 is 15.3 Å². The SMILES string of the molecule is Cc1nc(Nc2ncc(-c3ccccc3)s2)cc(C2CCN(C(=O)CN3CCN(CCO)CC3)CC2)n1. The van der Waals surface area contributed by atoms with Crippen LogP contribution in [-0.4, -0.2) is 99.6 Å². The Kier molecular flexibility index (Phi) is 8.40. The quantitative estimate of drug-likeness (QED) is 0.467. The van der Waals surface area contributed by atoms with Gasteiger partial charge in [0.25, 0.3) is 0 Å². The van der Waals surface area contributed by atoms with Gasteiger partial charge >= 0.3 is 0 Å². The van der Waals surface area contributed by atoms with Gasteiger partial charge in [-0.15, -0.1) is 0 Å². The van der Waals surface area contributed by atoms with Gasteiger partial charge in [0.2, 0.25) is 5.91 Å². The van der Waals surface area contributed by atoms with E-state index < -0.39 is 0 Å². The number of anilines is 2. The molecule has 1 aromatic carbocycles. The minimum atomic E-state index is 0.192. The van der Waals surface area contributed by atoms with Crippen molar-refractivity contribution in [2.45, 2.75) is 25.7 Å². The number of carbonyl (C=O) groups excluding carboxylic acids is 1. The average molecular weight is 522 g/mol. The van der Waals surface area contributed by atoms with Crippen LogP contribution in [0.1, 0.15) is 30.3 Å². The Labute approximate surface area is 222 Å². The third-order valence-corrected chi connectivity index (χ3v) is 8.12. The third kappa shape index (κ3) is 6.70. The molecule has 0 unspecified atom stereocenters. The van der Waals surface area contributed by atoms with Gasteiger partial charge in [-0.25, -0.2) is 15.0 Å². The lowest BCUT2D eigenvalue weighted by molar-refractivity contribution is -0.134. The number of carbonyl (C=O) groups is 1. The summed E-state index contributed by atoms with van der Waals surface area (Å²) in [6, 6.07) is 12.3. The predicted molar refractivity (Wildman–Crippen MR) is 146 cm³/mol. The number of benzene rings is 1. The molecular formula is C27H35N7O2S. The molecule has 0 saturated carbocycles. The first kappa shape index (κ1) is 25.7. The minimum absolute atomic E-state index is 0.192. The standard InChI is InChI=1S/C27H35N7O2S/c1-20-29-23(17-25(30-20)31-27-28-18-24(37-27)22-5-3-2-4-6-22)21-7-9-34(10-8-21)26(36)19-33-13-11-32(12-14-33)15-16-35/h2-6,17-18,21,35H,7-16,19H2,1H3,(H,28,29,30,31). The molecule has 2 aliphatic heterocycles. The Morgan fingerprint density at radius 3 is 2.51 bits per heavy atom. The second kappa shape index (κ2) is 12.1. The van der Waals surface area contributed by atoms with Crippen molar-refractivity contribution in [1.29, 1.82) is 0 Å². The molecule has 9 nitrogen and oxygen atoms in total. The summed E-state index contributed by atoms with van der Waals surface area (Å²) in [5.41, 5.74) is 2.18. The zero-order valence-corrected chi connectivity index (χ0v) is 22.2. The summed E-state index contributed by atoms with van der Waals surface area (Å²) in [5.74, 6) is 2.02. The third-order valence-electron chi connectivity index (χ3n) is 7.16. The number of aliphatic hydroxyl groups is 1. The van der Waals surface area contributed by atoms with Crippen molar-refractivity contribution in [1.82, 2.24) is 29.7 Å². The smallest absolute Gasteiger partial charge is 0.236 e. The van der Waals surface area contributed by atoms with E-state index >= 15 is 0 Å². The molecule has 4 heterocycles. The summed E-state index contributed by atoms with van der Waals surface area (Å²) in [6.07, 6.45) is 3.70. The number of hydrogen-bond acceptors (Lipinski definition) is 9. The second-order valence-corrected chi connectivity index (χ2v) is 10.8. The molecule has 0 spiro atoms. The number of nitrogens with one attached hydrogen (secondary N) is 1. The van der Waals surface area contributed by atoms with E-state index in [0.717, 1.165) is 85.0 Å². The number of nitrogens with zero attached hydrogens (tertiary/aromatic N) is 6. The maximum absolute atomic E-state index is 12.9. The Bertz CT molecular complexity index is 1170. The van der Waals surface area contributed by atoms with Crippen LogP contribution in [-0.2, 0) is 4.79 Å². The van der Waals surface area contributed by atoms with Crippen LogP contribution in [0.5, 0.6) is 0 Å². The summed E-state index contributed by atoms with van der Waals surface area (Å²) < 4.78 is 0. The number of aryl methyl sites for hydroxylation is 1. The number of aliphatic hydroxyl groups excluding tert-OH is 1. The molecular weight excluding hydrogens is 486 g/mol. The fourth-order valence-electron chi connectivity index (χ4n) is 5.07. The van der Waals surface area contributed by atoms with Gasteiger partial charge in [-0.2, -0.15) is 0 Å². The van der Waals surface area contributed by atoms with Crippen molar-refractivity contribution in [3.8, 4) is 10.4 Å². The summed E-state index contributed by atoms with van der Waals surface area (Å²) in [5, 5.41) is 13.3. The number of hydrogen-bond donors (Lipinski definition) is 2. The lowest BCUT2D eigenvalue weighted by Gasteiger charge is -2.36. The van der Waals surface area contributed by atoms with E-state index in [-0.39, 0.29) is 12.5 Å². The van der Waals surface area contributed by atoms with Crippen molar-refractivity contribution in [3.05, 3.63) is 54.1 Å². The van der Waals surface area contributed by atoms with Crippen LogP contribution in [0, 0.1) is 6.92 Å². The highest BCUT2D eigenvalue weighted by molar-refractivity contribution is 7.18. The Morgan fingerprint density at radius 2 is 1.78 bits per heavy atom. The lowest BCUT2D eigenvalue weighted by Crippen LogP contribution is -2.51. The first-order valence-corrected chi connectivity index (χ1v) is 13.9. The van der Waals surface area contributed by atoms with Crippen LogP contribution >= 0.6 is 11.3 Å². The van der Waals surface area contributed by atoms with Crippen LogP contribution in [0.3, 0.4) is 0 Å². The number of amides is 1. The molecule has 2 fully saturated rings. The number of piperidine rings is 1. The van der Waals surface area contributed by atoms with Gasteiger partial charge in [0.05, 0.1) is 18.0 Å². The Balaban J connectivity index is 1.14. The number of aromatic nitrogens is 3. The summed E-state index contributed by atoms with van der Waals surface area (Å²) in [7, 11) is 0.